The zero-order valence-electron chi connectivity index (χ0n) is 21.4. The topological polar surface area (TPSA) is 27.3 Å². The summed E-state index contributed by atoms with van der Waals surface area (Å²) in [5, 5.41) is 8.12. The molecule has 1 saturated carbocycles. The van der Waals surface area contributed by atoms with E-state index >= 15 is 0 Å². The van der Waals surface area contributed by atoms with E-state index in [4.69, 9.17) is 46.4 Å². The molecule has 2 aromatic rings. The molecule has 196 valence electrons. The Kier molecular flexibility index (Phi) is 10.5. The van der Waals surface area contributed by atoms with Gasteiger partial charge in [-0.25, -0.2) is 0 Å². The summed E-state index contributed by atoms with van der Waals surface area (Å²) in [6, 6.07) is 11.8. The van der Waals surface area contributed by atoms with Crippen LogP contribution in [0, 0.1) is 5.92 Å². The molecule has 0 bridgehead atoms. The highest BCUT2D eigenvalue weighted by Crippen LogP contribution is 2.67. The van der Waals surface area contributed by atoms with E-state index in [1.54, 1.807) is 0 Å². The van der Waals surface area contributed by atoms with E-state index < -0.39 is 4.33 Å². The zero-order chi connectivity index (χ0) is 26.5. The molecule has 0 spiro atoms. The predicted octanol–water partition coefficient (Wildman–Crippen LogP) is 9.51. The molecule has 0 saturated heterocycles. The summed E-state index contributed by atoms with van der Waals surface area (Å²) in [5.41, 5.74) is 5.51. The van der Waals surface area contributed by atoms with Crippen LogP contribution < -0.4 is 10.6 Å². The van der Waals surface area contributed by atoms with Crippen LogP contribution in [0.5, 0.6) is 0 Å². The van der Waals surface area contributed by atoms with E-state index in [1.165, 1.54) is 12.8 Å². The summed E-state index contributed by atoms with van der Waals surface area (Å²) in [4.78, 5) is 2.42. The van der Waals surface area contributed by atoms with Gasteiger partial charge in [-0.05, 0) is 73.8 Å². The van der Waals surface area contributed by atoms with Crippen LogP contribution >= 0.6 is 46.4 Å². The van der Waals surface area contributed by atoms with Gasteiger partial charge in [-0.3, -0.25) is 4.90 Å². The third-order valence-electron chi connectivity index (χ3n) is 6.54. The Hall–Kier alpha value is -1.36. The molecular weight excluding hydrogens is 532 g/mol. The van der Waals surface area contributed by atoms with E-state index in [1.807, 2.05) is 30.3 Å². The number of allylic oxidation sites excluding steroid dienone is 1. The molecule has 3 rings (SSSR count). The summed E-state index contributed by atoms with van der Waals surface area (Å²) >= 11 is 26.3. The molecule has 1 fully saturated rings. The standard InChI is InChI=1S/C29H37Cl4N3/c1-6-9-13-36(12-7-2)18-19(4)34-26-17-24(10-11-25(26)31)35-20(5)27-28(29(27,32)33)22-14-21(8-3)15-23(30)16-22/h10-11,14-17,27-28,34-35H,4-9,12-13,18H2,1-3H3. The van der Waals surface area contributed by atoms with E-state index in [0.717, 1.165) is 66.4 Å². The molecule has 0 radical (unpaired) electrons. The van der Waals surface area contributed by atoms with Crippen LogP contribution in [-0.4, -0.2) is 28.9 Å². The number of hydrogen-bond acceptors (Lipinski definition) is 3. The van der Waals surface area contributed by atoms with Crippen LogP contribution in [0.3, 0.4) is 0 Å². The van der Waals surface area contributed by atoms with Crippen molar-refractivity contribution in [3.05, 3.63) is 82.1 Å². The van der Waals surface area contributed by atoms with Crippen molar-refractivity contribution in [2.45, 2.75) is 56.7 Å². The smallest absolute Gasteiger partial charge is 0.134 e. The highest BCUT2D eigenvalue weighted by atomic mass is 35.5. The molecule has 2 unspecified atom stereocenters. The summed E-state index contributed by atoms with van der Waals surface area (Å²) in [6.45, 7) is 17.9. The Balaban J connectivity index is 1.68. The molecule has 1 aliphatic rings. The van der Waals surface area contributed by atoms with Crippen molar-refractivity contribution >= 4 is 57.8 Å². The molecule has 0 aromatic heterocycles. The third-order valence-corrected chi connectivity index (χ3v) is 8.03. The second-order valence-corrected chi connectivity index (χ2v) is 11.9. The number of alkyl halides is 2. The number of nitrogens with one attached hydrogen (secondary N) is 2. The van der Waals surface area contributed by atoms with Gasteiger partial charge in [-0.1, -0.05) is 69.6 Å². The van der Waals surface area contributed by atoms with Crippen molar-refractivity contribution in [3.63, 3.8) is 0 Å². The molecule has 2 N–H and O–H groups in total. The van der Waals surface area contributed by atoms with Gasteiger partial charge in [0.05, 0.1) is 10.7 Å². The molecule has 36 heavy (non-hydrogen) atoms. The second kappa shape index (κ2) is 12.9. The molecule has 7 heteroatoms. The molecule has 0 heterocycles. The average molecular weight is 569 g/mol. The van der Waals surface area contributed by atoms with Crippen LogP contribution in [0.2, 0.25) is 10.0 Å². The number of aryl methyl sites for hydroxylation is 1. The van der Waals surface area contributed by atoms with Crippen molar-refractivity contribution in [1.29, 1.82) is 0 Å². The summed E-state index contributed by atoms with van der Waals surface area (Å²) in [6.07, 6.45) is 4.35. The summed E-state index contributed by atoms with van der Waals surface area (Å²) < 4.78 is -0.942. The number of rotatable bonds is 14. The van der Waals surface area contributed by atoms with Gasteiger partial charge in [-0.15, -0.1) is 23.2 Å². The molecule has 2 atom stereocenters. The lowest BCUT2D eigenvalue weighted by Gasteiger charge is -2.23. The van der Waals surface area contributed by atoms with Gasteiger partial charge in [0.15, 0.2) is 0 Å². The minimum absolute atomic E-state index is 0.0813. The zero-order valence-corrected chi connectivity index (χ0v) is 24.5. The number of anilines is 2. The Morgan fingerprint density at radius 2 is 1.72 bits per heavy atom. The first-order chi connectivity index (χ1) is 17.1. The molecular formula is C29H37Cl4N3. The monoisotopic (exact) mass is 567 g/mol. The Bertz CT molecular complexity index is 1080. The van der Waals surface area contributed by atoms with Crippen molar-refractivity contribution in [2.75, 3.05) is 30.3 Å². The number of hydrogen-bond donors (Lipinski definition) is 2. The Morgan fingerprint density at radius 3 is 2.39 bits per heavy atom. The Morgan fingerprint density at radius 1 is 0.972 bits per heavy atom. The normalized spacial score (nSPS) is 18.2. The van der Waals surface area contributed by atoms with Gasteiger partial charge in [0.2, 0.25) is 0 Å². The van der Waals surface area contributed by atoms with Crippen molar-refractivity contribution < 1.29 is 0 Å². The average Bonchev–Trinajstić information content (AvgIpc) is 3.41. The maximum absolute atomic E-state index is 6.72. The third kappa shape index (κ3) is 7.36. The Labute approximate surface area is 236 Å². The van der Waals surface area contributed by atoms with E-state index in [0.29, 0.717) is 10.0 Å². The lowest BCUT2D eigenvalue weighted by Crippen LogP contribution is -2.29. The SMILES string of the molecule is C=C(CN(CCC)CCCC)Nc1cc(NC(=C)C2C(c3cc(Cl)cc(CC)c3)C2(Cl)Cl)ccc1Cl. The molecule has 0 amide bonds. The molecule has 3 nitrogen and oxygen atoms in total. The highest BCUT2D eigenvalue weighted by molar-refractivity contribution is 6.52. The summed E-state index contributed by atoms with van der Waals surface area (Å²) in [5.74, 6) is -0.227. The van der Waals surface area contributed by atoms with Crippen LogP contribution in [0.25, 0.3) is 0 Å². The first-order valence-electron chi connectivity index (χ1n) is 12.7. The predicted molar refractivity (Wildman–Crippen MR) is 160 cm³/mol. The van der Waals surface area contributed by atoms with Crippen molar-refractivity contribution in [1.82, 2.24) is 4.90 Å². The lowest BCUT2D eigenvalue weighted by molar-refractivity contribution is 0.292. The van der Waals surface area contributed by atoms with Gasteiger partial charge in [-0.2, -0.15) is 0 Å². The fraction of sp³-hybridized carbons (Fsp3) is 0.448. The van der Waals surface area contributed by atoms with Crippen LogP contribution in [0.4, 0.5) is 11.4 Å². The van der Waals surface area contributed by atoms with Crippen LogP contribution in [-0.2, 0) is 6.42 Å². The summed E-state index contributed by atoms with van der Waals surface area (Å²) in [7, 11) is 0. The maximum Gasteiger partial charge on any atom is 0.134 e. The fourth-order valence-corrected chi connectivity index (χ4v) is 5.99. The first kappa shape index (κ1) is 29.2. The minimum atomic E-state index is -0.942. The molecule has 0 aliphatic heterocycles. The van der Waals surface area contributed by atoms with E-state index in [9.17, 15) is 0 Å². The largest absolute Gasteiger partial charge is 0.359 e. The van der Waals surface area contributed by atoms with Gasteiger partial charge in [0.1, 0.15) is 4.33 Å². The van der Waals surface area contributed by atoms with Gasteiger partial charge in [0, 0.05) is 40.5 Å². The van der Waals surface area contributed by atoms with Crippen molar-refractivity contribution in [2.24, 2.45) is 5.92 Å². The van der Waals surface area contributed by atoms with E-state index in [-0.39, 0.29) is 11.8 Å². The fourth-order valence-electron chi connectivity index (χ4n) is 4.66. The number of nitrogens with zero attached hydrogens (tertiary/aromatic N) is 1. The molecule has 2 aromatic carbocycles. The quantitative estimate of drug-likeness (QED) is 0.222. The van der Waals surface area contributed by atoms with Crippen molar-refractivity contribution in [3.8, 4) is 0 Å². The first-order valence-corrected chi connectivity index (χ1v) is 14.2. The number of benzene rings is 2. The number of halogens is 4. The van der Waals surface area contributed by atoms with E-state index in [2.05, 4.69) is 55.5 Å². The highest BCUT2D eigenvalue weighted by Gasteiger charge is 2.65. The van der Waals surface area contributed by atoms with Crippen LogP contribution in [0.1, 0.15) is 57.1 Å². The second-order valence-electron chi connectivity index (χ2n) is 9.58. The minimum Gasteiger partial charge on any atom is -0.359 e. The maximum atomic E-state index is 6.72. The lowest BCUT2D eigenvalue weighted by atomic mass is 10.0. The van der Waals surface area contributed by atoms with Crippen LogP contribution in [0.15, 0.2) is 61.0 Å². The number of unbranched alkanes of at least 4 members (excludes halogenated alkanes) is 1. The van der Waals surface area contributed by atoms with Gasteiger partial charge in [0.25, 0.3) is 0 Å². The molecule has 1 aliphatic carbocycles. The van der Waals surface area contributed by atoms with Gasteiger partial charge < -0.3 is 10.6 Å². The van der Waals surface area contributed by atoms with Gasteiger partial charge >= 0.3 is 0 Å².